The lowest BCUT2D eigenvalue weighted by atomic mass is 9.90. The van der Waals surface area contributed by atoms with Crippen molar-refractivity contribution in [2.45, 2.75) is 25.8 Å². The van der Waals surface area contributed by atoms with Crippen molar-refractivity contribution in [3.8, 4) is 11.5 Å². The standard InChI is InChI=1S/C20H22F2N2O2.ClH/c1-13(23)14-8-10-24(11-9-14)20(25)15-2-4-16(5-3-15)26-17-6-7-18(21)19(22)12-17;/h2-7,12-14H,8-11,23H2,1H3;1H. The molecule has 1 unspecified atom stereocenters. The van der Waals surface area contributed by atoms with Crippen LogP contribution in [0.15, 0.2) is 42.5 Å². The number of carbonyl (C=O) groups is 1. The van der Waals surface area contributed by atoms with Crippen LogP contribution in [-0.2, 0) is 0 Å². The molecule has 0 aliphatic carbocycles. The largest absolute Gasteiger partial charge is 0.457 e. The van der Waals surface area contributed by atoms with Crippen LogP contribution < -0.4 is 10.5 Å². The molecule has 2 N–H and O–H groups in total. The molecule has 3 rings (SSSR count). The van der Waals surface area contributed by atoms with Crippen LogP contribution in [0.2, 0.25) is 0 Å². The fraction of sp³-hybridized carbons (Fsp3) is 0.350. The van der Waals surface area contributed by atoms with Gasteiger partial charge in [-0.15, -0.1) is 12.4 Å². The summed E-state index contributed by atoms with van der Waals surface area (Å²) in [6, 6.07) is 10.1. The Morgan fingerprint density at radius 1 is 1.07 bits per heavy atom. The molecule has 1 atom stereocenters. The van der Waals surface area contributed by atoms with Crippen molar-refractivity contribution in [3.63, 3.8) is 0 Å². The van der Waals surface area contributed by atoms with Crippen LogP contribution in [0.3, 0.4) is 0 Å². The van der Waals surface area contributed by atoms with E-state index in [9.17, 15) is 13.6 Å². The predicted octanol–water partition coefficient (Wildman–Crippen LogP) is 4.38. The van der Waals surface area contributed by atoms with E-state index in [-0.39, 0.29) is 30.1 Å². The highest BCUT2D eigenvalue weighted by Gasteiger charge is 2.25. The lowest BCUT2D eigenvalue weighted by Crippen LogP contribution is -2.42. The van der Waals surface area contributed by atoms with Crippen LogP contribution in [0.4, 0.5) is 8.78 Å². The van der Waals surface area contributed by atoms with Gasteiger partial charge in [0.05, 0.1) is 0 Å². The van der Waals surface area contributed by atoms with Gasteiger partial charge >= 0.3 is 0 Å². The Morgan fingerprint density at radius 2 is 1.67 bits per heavy atom. The molecule has 0 bridgehead atoms. The predicted molar refractivity (Wildman–Crippen MR) is 102 cm³/mol. The normalized spacial score (nSPS) is 15.8. The third kappa shape index (κ3) is 5.17. The SMILES string of the molecule is CC(N)C1CCN(C(=O)c2ccc(Oc3ccc(F)c(F)c3)cc2)CC1.Cl. The molecule has 27 heavy (non-hydrogen) atoms. The maximum absolute atomic E-state index is 13.2. The maximum Gasteiger partial charge on any atom is 0.253 e. The summed E-state index contributed by atoms with van der Waals surface area (Å²) >= 11 is 0. The van der Waals surface area contributed by atoms with Crippen LogP contribution in [-0.4, -0.2) is 29.9 Å². The zero-order valence-electron chi connectivity index (χ0n) is 15.0. The topological polar surface area (TPSA) is 55.6 Å². The van der Waals surface area contributed by atoms with E-state index < -0.39 is 11.6 Å². The van der Waals surface area contributed by atoms with Crippen molar-refractivity contribution < 1.29 is 18.3 Å². The van der Waals surface area contributed by atoms with Gasteiger partial charge in [-0.25, -0.2) is 8.78 Å². The van der Waals surface area contributed by atoms with Gasteiger partial charge in [0.25, 0.3) is 5.91 Å². The fourth-order valence-corrected chi connectivity index (χ4v) is 3.15. The number of halogens is 3. The summed E-state index contributed by atoms with van der Waals surface area (Å²) in [4.78, 5) is 14.4. The second kappa shape index (κ2) is 9.15. The zero-order chi connectivity index (χ0) is 18.7. The van der Waals surface area contributed by atoms with Crippen molar-refractivity contribution >= 4 is 18.3 Å². The number of rotatable bonds is 4. The van der Waals surface area contributed by atoms with Gasteiger partial charge in [0, 0.05) is 30.8 Å². The van der Waals surface area contributed by atoms with E-state index in [1.165, 1.54) is 6.07 Å². The number of hydrogen-bond donors (Lipinski definition) is 1. The second-order valence-corrected chi connectivity index (χ2v) is 6.69. The van der Waals surface area contributed by atoms with Gasteiger partial charge in [-0.05, 0) is 62.1 Å². The Hall–Kier alpha value is -2.18. The highest BCUT2D eigenvalue weighted by Crippen LogP contribution is 2.25. The number of nitrogens with zero attached hydrogens (tertiary/aromatic N) is 1. The number of likely N-dealkylation sites (tertiary alicyclic amines) is 1. The summed E-state index contributed by atoms with van der Waals surface area (Å²) in [5.41, 5.74) is 6.51. The van der Waals surface area contributed by atoms with E-state index in [0.29, 0.717) is 30.3 Å². The second-order valence-electron chi connectivity index (χ2n) is 6.69. The number of nitrogens with two attached hydrogens (primary N) is 1. The number of hydrogen-bond acceptors (Lipinski definition) is 3. The van der Waals surface area contributed by atoms with Gasteiger partial charge in [0.1, 0.15) is 11.5 Å². The van der Waals surface area contributed by atoms with E-state index in [2.05, 4.69) is 0 Å². The molecule has 2 aromatic rings. The van der Waals surface area contributed by atoms with Crippen molar-refractivity contribution in [1.29, 1.82) is 0 Å². The monoisotopic (exact) mass is 396 g/mol. The average Bonchev–Trinajstić information content (AvgIpc) is 2.65. The minimum absolute atomic E-state index is 0. The quantitative estimate of drug-likeness (QED) is 0.834. The Morgan fingerprint density at radius 3 is 2.22 bits per heavy atom. The number of piperidine rings is 1. The van der Waals surface area contributed by atoms with Gasteiger partial charge in [-0.2, -0.15) is 0 Å². The first-order valence-corrected chi connectivity index (χ1v) is 8.72. The van der Waals surface area contributed by atoms with Crippen molar-refractivity contribution in [2.24, 2.45) is 11.7 Å². The summed E-state index contributed by atoms with van der Waals surface area (Å²) in [6.07, 6.45) is 1.83. The Bertz CT molecular complexity index is 776. The smallest absolute Gasteiger partial charge is 0.253 e. The number of carbonyl (C=O) groups excluding carboxylic acids is 1. The number of benzene rings is 2. The van der Waals surface area contributed by atoms with E-state index in [1.54, 1.807) is 24.3 Å². The first-order valence-electron chi connectivity index (χ1n) is 8.72. The fourth-order valence-electron chi connectivity index (χ4n) is 3.15. The molecule has 1 aliphatic rings. The summed E-state index contributed by atoms with van der Waals surface area (Å²) in [5, 5.41) is 0. The molecule has 1 amide bonds. The highest BCUT2D eigenvalue weighted by atomic mass is 35.5. The average molecular weight is 397 g/mol. The van der Waals surface area contributed by atoms with Crippen LogP contribution in [0.25, 0.3) is 0 Å². The molecule has 0 radical (unpaired) electrons. The van der Waals surface area contributed by atoms with Crippen LogP contribution in [0, 0.1) is 17.6 Å². The number of ether oxygens (including phenoxy) is 1. The van der Waals surface area contributed by atoms with Gasteiger partial charge in [0.2, 0.25) is 0 Å². The molecule has 7 heteroatoms. The van der Waals surface area contributed by atoms with Crippen molar-refractivity contribution in [2.75, 3.05) is 13.1 Å². The summed E-state index contributed by atoms with van der Waals surface area (Å²) < 4.78 is 31.7. The summed E-state index contributed by atoms with van der Waals surface area (Å²) in [6.45, 7) is 3.42. The minimum atomic E-state index is -0.968. The first kappa shape index (κ1) is 21.1. The van der Waals surface area contributed by atoms with Gasteiger partial charge in [0.15, 0.2) is 11.6 Å². The Kier molecular flexibility index (Phi) is 7.16. The Balaban J connectivity index is 0.00000261. The molecular formula is C20H23ClF2N2O2. The highest BCUT2D eigenvalue weighted by molar-refractivity contribution is 5.94. The molecule has 2 aromatic carbocycles. The molecule has 0 saturated carbocycles. The zero-order valence-corrected chi connectivity index (χ0v) is 15.8. The third-order valence-electron chi connectivity index (χ3n) is 4.80. The minimum Gasteiger partial charge on any atom is -0.457 e. The molecule has 0 spiro atoms. The number of amides is 1. The molecule has 1 fully saturated rings. The van der Waals surface area contributed by atoms with E-state index in [1.807, 2.05) is 11.8 Å². The van der Waals surface area contributed by atoms with Crippen LogP contribution in [0.5, 0.6) is 11.5 Å². The molecule has 146 valence electrons. The summed E-state index contributed by atoms with van der Waals surface area (Å²) in [5.74, 6) is -0.807. The van der Waals surface area contributed by atoms with Gasteiger partial charge < -0.3 is 15.4 Å². The van der Waals surface area contributed by atoms with E-state index >= 15 is 0 Å². The van der Waals surface area contributed by atoms with Gasteiger partial charge in [-0.1, -0.05) is 0 Å². The van der Waals surface area contributed by atoms with Crippen LogP contribution in [0.1, 0.15) is 30.1 Å². The van der Waals surface area contributed by atoms with E-state index in [0.717, 1.165) is 25.0 Å². The summed E-state index contributed by atoms with van der Waals surface area (Å²) in [7, 11) is 0. The molecule has 1 aliphatic heterocycles. The van der Waals surface area contributed by atoms with Crippen LogP contribution >= 0.6 is 12.4 Å². The third-order valence-corrected chi connectivity index (χ3v) is 4.80. The molecule has 4 nitrogen and oxygen atoms in total. The first-order chi connectivity index (χ1) is 12.4. The molecule has 1 heterocycles. The lowest BCUT2D eigenvalue weighted by molar-refractivity contribution is 0.0681. The molecule has 0 aromatic heterocycles. The molecular weight excluding hydrogens is 374 g/mol. The Labute approximate surface area is 163 Å². The maximum atomic E-state index is 13.2. The van der Waals surface area contributed by atoms with Gasteiger partial charge in [-0.3, -0.25) is 4.79 Å². The lowest BCUT2D eigenvalue weighted by Gasteiger charge is -2.33. The van der Waals surface area contributed by atoms with Crippen molar-refractivity contribution in [3.05, 3.63) is 59.7 Å². The van der Waals surface area contributed by atoms with E-state index in [4.69, 9.17) is 10.5 Å². The molecule has 1 saturated heterocycles. The van der Waals surface area contributed by atoms with Crippen molar-refractivity contribution in [1.82, 2.24) is 4.90 Å².